The minimum absolute atomic E-state index is 0.146. The summed E-state index contributed by atoms with van der Waals surface area (Å²) < 4.78 is 21.7. The van der Waals surface area contributed by atoms with Crippen LogP contribution in [0.15, 0.2) is 18.2 Å². The molecule has 1 saturated heterocycles. The van der Waals surface area contributed by atoms with E-state index in [2.05, 4.69) is 5.32 Å². The molecule has 188 valence electrons. The summed E-state index contributed by atoms with van der Waals surface area (Å²) in [7, 11) is 0. The highest BCUT2D eigenvalue weighted by atomic mass is 16.6. The van der Waals surface area contributed by atoms with Crippen molar-refractivity contribution in [2.45, 2.75) is 38.3 Å². The van der Waals surface area contributed by atoms with Crippen molar-refractivity contribution in [1.29, 1.82) is 0 Å². The Bertz CT molecular complexity index is 833. The van der Waals surface area contributed by atoms with Gasteiger partial charge in [0.05, 0.1) is 46.2 Å². The van der Waals surface area contributed by atoms with Gasteiger partial charge < -0.3 is 29.6 Å². The van der Waals surface area contributed by atoms with Crippen LogP contribution in [-0.2, 0) is 41.5 Å². The molecule has 0 spiro atoms. The van der Waals surface area contributed by atoms with Crippen LogP contribution in [0.1, 0.15) is 40.7 Å². The van der Waals surface area contributed by atoms with Crippen LogP contribution >= 0.6 is 0 Å². The zero-order chi connectivity index (χ0) is 24.2. The van der Waals surface area contributed by atoms with Gasteiger partial charge >= 0.3 is 0 Å². The molecule has 10 nitrogen and oxygen atoms in total. The molecule has 1 aromatic rings. The Labute approximate surface area is 200 Å². The Balaban J connectivity index is 1.30. The Kier molecular flexibility index (Phi) is 10.9. The van der Waals surface area contributed by atoms with Crippen LogP contribution in [0.3, 0.4) is 0 Å². The van der Waals surface area contributed by atoms with Gasteiger partial charge in [0, 0.05) is 31.7 Å². The monoisotopic (exact) mass is 477 g/mol. The molecule has 34 heavy (non-hydrogen) atoms. The molecule has 2 aliphatic rings. The second-order valence-electron chi connectivity index (χ2n) is 8.18. The van der Waals surface area contributed by atoms with Crippen LogP contribution in [-0.4, -0.2) is 88.1 Å². The summed E-state index contributed by atoms with van der Waals surface area (Å²) in [6.07, 6.45) is 2.21. The number of fused-ring (bicyclic) bond motifs is 1. The molecule has 0 saturated carbocycles. The lowest BCUT2D eigenvalue weighted by Gasteiger charge is -2.29. The molecule has 1 atom stereocenters. The van der Waals surface area contributed by atoms with Crippen LogP contribution in [0.5, 0.6) is 0 Å². The number of nitrogens with one attached hydrogen (secondary N) is 1. The van der Waals surface area contributed by atoms with Crippen LogP contribution in [0, 0.1) is 0 Å². The number of rotatable bonds is 16. The van der Waals surface area contributed by atoms with Crippen molar-refractivity contribution < 1.29 is 33.3 Å². The lowest BCUT2D eigenvalue weighted by atomic mass is 10.00. The summed E-state index contributed by atoms with van der Waals surface area (Å²) in [5.74, 6) is -0.821. The number of nitrogens with two attached hydrogens (primary N) is 1. The Morgan fingerprint density at radius 2 is 1.56 bits per heavy atom. The van der Waals surface area contributed by atoms with Gasteiger partial charge in [0.15, 0.2) is 0 Å². The van der Waals surface area contributed by atoms with E-state index in [1.165, 1.54) is 0 Å². The Morgan fingerprint density at radius 1 is 0.912 bits per heavy atom. The maximum absolute atomic E-state index is 12.9. The number of imide groups is 1. The fourth-order valence-electron chi connectivity index (χ4n) is 4.09. The fraction of sp³-hybridized carbons (Fsp3) is 0.625. The summed E-state index contributed by atoms with van der Waals surface area (Å²) in [6, 6.07) is 5.10. The number of amides is 3. The highest BCUT2D eigenvalue weighted by molar-refractivity contribution is 6.05. The van der Waals surface area contributed by atoms with Crippen molar-refractivity contribution in [3.8, 4) is 0 Å². The first-order chi connectivity index (χ1) is 16.6. The standard InChI is InChI=1S/C24H35N3O7/c25-8-10-32-12-14-34-16-15-33-13-11-31-9-2-4-18-3-1-5-19-20(18)17-27(24(19)30)21-6-7-22(28)26-23(21)29/h1,3,5,21H,2,4,6-17,25H2,(H,26,28,29). The number of aryl methyl sites for hydroxylation is 1. The van der Waals surface area contributed by atoms with E-state index >= 15 is 0 Å². The molecule has 10 heteroatoms. The lowest BCUT2D eigenvalue weighted by molar-refractivity contribution is -0.136. The predicted molar refractivity (Wildman–Crippen MR) is 123 cm³/mol. The first-order valence-corrected chi connectivity index (χ1v) is 11.9. The molecule has 0 aliphatic carbocycles. The molecule has 1 aromatic carbocycles. The number of nitrogens with zero attached hydrogens (tertiary/aromatic N) is 1. The van der Waals surface area contributed by atoms with Gasteiger partial charge in [0.2, 0.25) is 11.8 Å². The van der Waals surface area contributed by atoms with Gasteiger partial charge in [-0.3, -0.25) is 19.7 Å². The average molecular weight is 478 g/mol. The zero-order valence-electron chi connectivity index (χ0n) is 19.6. The third-order valence-corrected chi connectivity index (χ3v) is 5.79. The summed E-state index contributed by atoms with van der Waals surface area (Å²) in [6.45, 7) is 5.14. The van der Waals surface area contributed by atoms with Gasteiger partial charge in [-0.25, -0.2) is 0 Å². The number of carbonyl (C=O) groups is 3. The second-order valence-corrected chi connectivity index (χ2v) is 8.18. The van der Waals surface area contributed by atoms with E-state index in [0.717, 1.165) is 24.0 Å². The molecule has 3 rings (SSSR count). The number of hydrogen-bond acceptors (Lipinski definition) is 8. The van der Waals surface area contributed by atoms with Crippen molar-refractivity contribution >= 4 is 17.7 Å². The number of ether oxygens (including phenoxy) is 4. The van der Waals surface area contributed by atoms with Gasteiger partial charge in [-0.2, -0.15) is 0 Å². The molecule has 2 aliphatic heterocycles. The van der Waals surface area contributed by atoms with E-state index < -0.39 is 11.9 Å². The average Bonchev–Trinajstić information content (AvgIpc) is 3.16. The van der Waals surface area contributed by atoms with Crippen LogP contribution in [0.25, 0.3) is 0 Å². The molecular formula is C24H35N3O7. The number of hydrogen-bond donors (Lipinski definition) is 2. The van der Waals surface area contributed by atoms with Crippen molar-refractivity contribution in [3.05, 3.63) is 34.9 Å². The van der Waals surface area contributed by atoms with Gasteiger partial charge in [0.1, 0.15) is 6.04 Å². The maximum atomic E-state index is 12.9. The molecule has 1 unspecified atom stereocenters. The quantitative estimate of drug-likeness (QED) is 0.259. The molecule has 3 amide bonds. The fourth-order valence-corrected chi connectivity index (χ4v) is 4.09. The van der Waals surface area contributed by atoms with Crippen LogP contribution in [0.4, 0.5) is 0 Å². The molecule has 0 bridgehead atoms. The number of piperidine rings is 1. The lowest BCUT2D eigenvalue weighted by Crippen LogP contribution is -2.52. The first-order valence-electron chi connectivity index (χ1n) is 11.9. The van der Waals surface area contributed by atoms with E-state index in [1.54, 1.807) is 11.0 Å². The van der Waals surface area contributed by atoms with E-state index in [0.29, 0.717) is 77.9 Å². The summed E-state index contributed by atoms with van der Waals surface area (Å²) in [5, 5.41) is 2.34. The summed E-state index contributed by atoms with van der Waals surface area (Å²) in [4.78, 5) is 38.1. The van der Waals surface area contributed by atoms with Gasteiger partial charge in [-0.1, -0.05) is 12.1 Å². The molecule has 0 aromatic heterocycles. The van der Waals surface area contributed by atoms with Crippen molar-refractivity contribution in [3.63, 3.8) is 0 Å². The third-order valence-electron chi connectivity index (χ3n) is 5.79. The smallest absolute Gasteiger partial charge is 0.255 e. The highest BCUT2D eigenvalue weighted by Gasteiger charge is 2.39. The maximum Gasteiger partial charge on any atom is 0.255 e. The summed E-state index contributed by atoms with van der Waals surface area (Å²) >= 11 is 0. The molecular weight excluding hydrogens is 442 g/mol. The Morgan fingerprint density at radius 3 is 2.21 bits per heavy atom. The number of carbonyl (C=O) groups excluding carboxylic acids is 3. The molecule has 1 fully saturated rings. The van der Waals surface area contributed by atoms with Gasteiger partial charge in [-0.15, -0.1) is 0 Å². The van der Waals surface area contributed by atoms with Crippen LogP contribution < -0.4 is 11.1 Å². The third kappa shape index (κ3) is 7.57. The SMILES string of the molecule is NCCOCCOCCOCCOCCCc1cccc2c1CN(C1CCC(=O)NC1=O)C2=O. The second kappa shape index (κ2) is 14.1. The van der Waals surface area contributed by atoms with E-state index in [-0.39, 0.29) is 18.2 Å². The normalized spacial score (nSPS) is 17.9. The van der Waals surface area contributed by atoms with Gasteiger partial charge in [0.25, 0.3) is 5.91 Å². The first kappa shape index (κ1) is 26.2. The van der Waals surface area contributed by atoms with Gasteiger partial charge in [-0.05, 0) is 36.5 Å². The minimum Gasteiger partial charge on any atom is -0.379 e. The van der Waals surface area contributed by atoms with Crippen molar-refractivity contribution in [2.75, 3.05) is 59.4 Å². The zero-order valence-corrected chi connectivity index (χ0v) is 19.6. The van der Waals surface area contributed by atoms with Crippen LogP contribution in [0.2, 0.25) is 0 Å². The molecule has 3 N–H and O–H groups in total. The minimum atomic E-state index is -0.594. The van der Waals surface area contributed by atoms with E-state index in [1.807, 2.05) is 12.1 Å². The summed E-state index contributed by atoms with van der Waals surface area (Å²) in [5.41, 5.74) is 8.03. The topological polar surface area (TPSA) is 129 Å². The van der Waals surface area contributed by atoms with E-state index in [9.17, 15) is 14.4 Å². The predicted octanol–water partition coefficient (Wildman–Crippen LogP) is 0.405. The Hall–Kier alpha value is -2.37. The van der Waals surface area contributed by atoms with Crippen molar-refractivity contribution in [2.24, 2.45) is 5.73 Å². The van der Waals surface area contributed by atoms with Crippen molar-refractivity contribution in [1.82, 2.24) is 10.2 Å². The largest absolute Gasteiger partial charge is 0.379 e. The van der Waals surface area contributed by atoms with E-state index in [4.69, 9.17) is 24.7 Å². The molecule has 2 heterocycles. The molecule has 0 radical (unpaired) electrons. The number of benzene rings is 1. The highest BCUT2D eigenvalue weighted by Crippen LogP contribution is 2.30.